The van der Waals surface area contributed by atoms with Crippen molar-refractivity contribution in [1.29, 1.82) is 0 Å². The molecule has 3 nitrogen and oxygen atoms in total. The Hall–Kier alpha value is -0.120. The maximum Gasteiger partial charge on any atom is 0.0712 e. The minimum atomic E-state index is 0.315. The second-order valence-corrected chi connectivity index (χ2v) is 3.41. The molecule has 3 heteroatoms. The summed E-state index contributed by atoms with van der Waals surface area (Å²) in [6.07, 6.45) is 1.87. The highest BCUT2D eigenvalue weighted by Crippen LogP contribution is 2.02. The quantitative estimate of drug-likeness (QED) is 0.623. The van der Waals surface area contributed by atoms with Gasteiger partial charge in [-0.05, 0) is 26.8 Å². The Labute approximate surface area is 74.4 Å². The van der Waals surface area contributed by atoms with Crippen LogP contribution in [0.2, 0.25) is 0 Å². The summed E-state index contributed by atoms with van der Waals surface area (Å²) >= 11 is 0. The topological polar surface area (TPSA) is 30.5 Å². The first-order chi connectivity index (χ1) is 5.79. The fraction of sp³-hybridized carbons (Fsp3) is 1.00. The van der Waals surface area contributed by atoms with Crippen LogP contribution in [0.5, 0.6) is 0 Å². The maximum absolute atomic E-state index is 5.57. The summed E-state index contributed by atoms with van der Waals surface area (Å²) in [7, 11) is 0. The van der Waals surface area contributed by atoms with E-state index in [-0.39, 0.29) is 0 Å². The Morgan fingerprint density at radius 2 is 2.25 bits per heavy atom. The second kappa shape index (κ2) is 5.51. The normalized spacial score (nSPS) is 23.8. The predicted octanol–water partition coefficient (Wildman–Crippen LogP) is 0.790. The van der Waals surface area contributed by atoms with Gasteiger partial charge in [0.2, 0.25) is 0 Å². The molecule has 0 aromatic heterocycles. The Kier molecular flexibility index (Phi) is 4.58. The SMILES string of the molecule is CC(C)OCCOC1CCNC1. The highest BCUT2D eigenvalue weighted by Gasteiger charge is 2.13. The van der Waals surface area contributed by atoms with E-state index in [0.717, 1.165) is 26.1 Å². The fourth-order valence-corrected chi connectivity index (χ4v) is 1.27. The van der Waals surface area contributed by atoms with E-state index in [4.69, 9.17) is 9.47 Å². The zero-order chi connectivity index (χ0) is 8.81. The summed E-state index contributed by atoms with van der Waals surface area (Å²) in [6.45, 7) is 7.62. The van der Waals surface area contributed by atoms with Crippen LogP contribution in [0.15, 0.2) is 0 Å². The van der Waals surface area contributed by atoms with Gasteiger partial charge in [-0.1, -0.05) is 0 Å². The van der Waals surface area contributed by atoms with Gasteiger partial charge in [-0.2, -0.15) is 0 Å². The Morgan fingerprint density at radius 1 is 1.42 bits per heavy atom. The highest BCUT2D eigenvalue weighted by molar-refractivity contribution is 4.70. The number of hydrogen-bond acceptors (Lipinski definition) is 3. The Balaban J connectivity index is 1.88. The van der Waals surface area contributed by atoms with Crippen LogP contribution in [-0.2, 0) is 9.47 Å². The zero-order valence-electron chi connectivity index (χ0n) is 8.01. The molecule has 1 unspecified atom stereocenters. The molecule has 0 aliphatic carbocycles. The van der Waals surface area contributed by atoms with Crippen molar-refractivity contribution >= 4 is 0 Å². The number of rotatable bonds is 5. The van der Waals surface area contributed by atoms with Crippen LogP contribution < -0.4 is 5.32 Å². The highest BCUT2D eigenvalue weighted by atomic mass is 16.5. The molecule has 1 aliphatic rings. The molecule has 0 amide bonds. The Bertz CT molecular complexity index is 111. The zero-order valence-corrected chi connectivity index (χ0v) is 8.01. The van der Waals surface area contributed by atoms with Crippen LogP contribution in [-0.4, -0.2) is 38.5 Å². The summed E-state index contributed by atoms with van der Waals surface area (Å²) in [5, 5.41) is 3.26. The lowest BCUT2D eigenvalue weighted by Crippen LogP contribution is -2.20. The van der Waals surface area contributed by atoms with Crippen LogP contribution in [0.1, 0.15) is 20.3 Å². The predicted molar refractivity (Wildman–Crippen MR) is 48.3 cm³/mol. The van der Waals surface area contributed by atoms with Crippen molar-refractivity contribution in [2.24, 2.45) is 0 Å². The van der Waals surface area contributed by atoms with Gasteiger partial charge in [0.05, 0.1) is 25.4 Å². The van der Waals surface area contributed by atoms with E-state index in [0.29, 0.717) is 18.8 Å². The summed E-state index contributed by atoms with van der Waals surface area (Å²) < 4.78 is 10.9. The van der Waals surface area contributed by atoms with Crippen LogP contribution >= 0.6 is 0 Å². The van der Waals surface area contributed by atoms with Gasteiger partial charge in [-0.25, -0.2) is 0 Å². The minimum Gasteiger partial charge on any atom is -0.376 e. The lowest BCUT2D eigenvalue weighted by atomic mass is 10.3. The van der Waals surface area contributed by atoms with E-state index in [1.54, 1.807) is 0 Å². The molecule has 12 heavy (non-hydrogen) atoms. The van der Waals surface area contributed by atoms with Gasteiger partial charge in [-0.3, -0.25) is 0 Å². The molecule has 1 N–H and O–H groups in total. The third-order valence-electron chi connectivity index (χ3n) is 1.90. The third-order valence-corrected chi connectivity index (χ3v) is 1.90. The first kappa shape index (κ1) is 9.96. The number of hydrogen-bond donors (Lipinski definition) is 1. The lowest BCUT2D eigenvalue weighted by Gasteiger charge is -2.11. The van der Waals surface area contributed by atoms with Gasteiger partial charge in [0, 0.05) is 6.54 Å². The van der Waals surface area contributed by atoms with Gasteiger partial charge in [-0.15, -0.1) is 0 Å². The van der Waals surface area contributed by atoms with Crippen LogP contribution in [0.4, 0.5) is 0 Å². The molecular weight excluding hydrogens is 154 g/mol. The summed E-state index contributed by atoms with van der Waals surface area (Å²) in [5.41, 5.74) is 0. The smallest absolute Gasteiger partial charge is 0.0712 e. The Morgan fingerprint density at radius 3 is 2.83 bits per heavy atom. The van der Waals surface area contributed by atoms with Crippen molar-refractivity contribution in [2.75, 3.05) is 26.3 Å². The van der Waals surface area contributed by atoms with E-state index in [1.165, 1.54) is 0 Å². The van der Waals surface area contributed by atoms with Crippen molar-refractivity contribution in [2.45, 2.75) is 32.5 Å². The van der Waals surface area contributed by atoms with Crippen molar-refractivity contribution in [3.63, 3.8) is 0 Å². The first-order valence-corrected chi connectivity index (χ1v) is 4.73. The summed E-state index contributed by atoms with van der Waals surface area (Å²) in [5.74, 6) is 0. The van der Waals surface area contributed by atoms with E-state index >= 15 is 0 Å². The molecule has 0 radical (unpaired) electrons. The molecule has 1 heterocycles. The van der Waals surface area contributed by atoms with Crippen molar-refractivity contribution in [3.8, 4) is 0 Å². The lowest BCUT2D eigenvalue weighted by molar-refractivity contribution is -0.00593. The summed E-state index contributed by atoms with van der Waals surface area (Å²) in [4.78, 5) is 0. The molecule has 0 aromatic rings. The average Bonchev–Trinajstić information content (AvgIpc) is 2.49. The minimum absolute atomic E-state index is 0.315. The van der Waals surface area contributed by atoms with Gasteiger partial charge >= 0.3 is 0 Å². The molecule has 1 saturated heterocycles. The molecule has 0 bridgehead atoms. The second-order valence-electron chi connectivity index (χ2n) is 3.41. The first-order valence-electron chi connectivity index (χ1n) is 4.73. The van der Waals surface area contributed by atoms with E-state index < -0.39 is 0 Å². The average molecular weight is 173 g/mol. The van der Waals surface area contributed by atoms with E-state index in [2.05, 4.69) is 5.32 Å². The van der Waals surface area contributed by atoms with Crippen molar-refractivity contribution < 1.29 is 9.47 Å². The molecule has 1 atom stereocenters. The number of nitrogens with one attached hydrogen (secondary N) is 1. The maximum atomic E-state index is 5.57. The summed E-state index contributed by atoms with van der Waals surface area (Å²) in [6, 6.07) is 0. The van der Waals surface area contributed by atoms with Gasteiger partial charge in [0.1, 0.15) is 0 Å². The molecule has 0 saturated carbocycles. The van der Waals surface area contributed by atoms with E-state index in [1.807, 2.05) is 13.8 Å². The molecule has 1 aliphatic heterocycles. The van der Waals surface area contributed by atoms with Gasteiger partial charge in [0.15, 0.2) is 0 Å². The third kappa shape index (κ3) is 4.04. The molecule has 72 valence electrons. The standard InChI is InChI=1S/C9H19NO2/c1-8(2)11-5-6-12-9-3-4-10-7-9/h8-10H,3-7H2,1-2H3. The van der Waals surface area contributed by atoms with Crippen LogP contribution in [0, 0.1) is 0 Å². The fourth-order valence-electron chi connectivity index (χ4n) is 1.27. The monoisotopic (exact) mass is 173 g/mol. The molecule has 0 aromatic carbocycles. The molecule has 1 fully saturated rings. The van der Waals surface area contributed by atoms with Gasteiger partial charge < -0.3 is 14.8 Å². The van der Waals surface area contributed by atoms with E-state index in [9.17, 15) is 0 Å². The molecular formula is C9H19NO2. The molecule has 0 spiro atoms. The number of ether oxygens (including phenoxy) is 2. The molecule has 1 rings (SSSR count). The van der Waals surface area contributed by atoms with Gasteiger partial charge in [0.25, 0.3) is 0 Å². The van der Waals surface area contributed by atoms with Crippen molar-refractivity contribution in [3.05, 3.63) is 0 Å². The van der Waals surface area contributed by atoms with Crippen LogP contribution in [0.3, 0.4) is 0 Å². The van der Waals surface area contributed by atoms with Crippen molar-refractivity contribution in [1.82, 2.24) is 5.32 Å². The van der Waals surface area contributed by atoms with Crippen LogP contribution in [0.25, 0.3) is 0 Å². The largest absolute Gasteiger partial charge is 0.376 e.